The van der Waals surface area contributed by atoms with E-state index in [2.05, 4.69) is 5.32 Å². The van der Waals surface area contributed by atoms with Gasteiger partial charge in [0.05, 0.1) is 6.04 Å². The van der Waals surface area contributed by atoms with Crippen LogP contribution in [-0.2, 0) is 14.3 Å². The summed E-state index contributed by atoms with van der Waals surface area (Å²) in [7, 11) is 0. The van der Waals surface area contributed by atoms with Crippen molar-refractivity contribution >= 4 is 23.4 Å². The quantitative estimate of drug-likeness (QED) is 0.849. The van der Waals surface area contributed by atoms with Crippen LogP contribution in [0.3, 0.4) is 0 Å². The summed E-state index contributed by atoms with van der Waals surface area (Å²) in [5, 5.41) is 2.83. The number of anilines is 1. The number of nitrogens with one attached hydrogen (secondary N) is 1. The maximum Gasteiger partial charge on any atom is 0.251 e. The van der Waals surface area contributed by atoms with E-state index in [-0.39, 0.29) is 11.8 Å². The van der Waals surface area contributed by atoms with Crippen molar-refractivity contribution in [2.75, 3.05) is 18.1 Å². The van der Waals surface area contributed by atoms with Crippen molar-refractivity contribution in [3.8, 4) is 0 Å². The fourth-order valence-electron chi connectivity index (χ4n) is 3.33. The molecule has 3 N–H and O–H groups in total. The normalized spacial score (nSPS) is 24.0. The van der Waals surface area contributed by atoms with E-state index in [0.717, 1.165) is 24.9 Å². The van der Waals surface area contributed by atoms with Gasteiger partial charge < -0.3 is 20.7 Å². The Hall–Kier alpha value is -2.41. The number of nitrogens with two attached hydrogens (primary N) is 1. The number of carbonyl (C=O) groups excluding carboxylic acids is 3. The van der Waals surface area contributed by atoms with Gasteiger partial charge in [-0.2, -0.15) is 0 Å². The molecule has 0 aromatic heterocycles. The molecule has 2 atom stereocenters. The van der Waals surface area contributed by atoms with E-state index in [1.165, 1.54) is 0 Å². The van der Waals surface area contributed by atoms with Crippen molar-refractivity contribution in [2.24, 2.45) is 5.73 Å². The first kappa shape index (κ1) is 17.4. The predicted molar refractivity (Wildman–Crippen MR) is 92.1 cm³/mol. The van der Waals surface area contributed by atoms with E-state index < -0.39 is 18.1 Å². The van der Waals surface area contributed by atoms with E-state index in [0.29, 0.717) is 31.6 Å². The Bertz CT molecular complexity index is 659. The first-order valence-corrected chi connectivity index (χ1v) is 8.68. The highest BCUT2D eigenvalue weighted by Gasteiger charge is 2.31. The van der Waals surface area contributed by atoms with Crippen LogP contribution in [0.4, 0.5) is 5.69 Å². The van der Waals surface area contributed by atoms with Crippen molar-refractivity contribution in [1.29, 1.82) is 0 Å². The van der Waals surface area contributed by atoms with Crippen molar-refractivity contribution in [3.63, 3.8) is 0 Å². The molecule has 2 aliphatic heterocycles. The van der Waals surface area contributed by atoms with Crippen LogP contribution in [0.15, 0.2) is 24.3 Å². The van der Waals surface area contributed by atoms with Gasteiger partial charge in [-0.25, -0.2) is 0 Å². The smallest absolute Gasteiger partial charge is 0.251 e. The largest absolute Gasteiger partial charge is 0.367 e. The molecule has 134 valence electrons. The molecular formula is C18H23N3O4. The van der Waals surface area contributed by atoms with E-state index in [4.69, 9.17) is 10.5 Å². The van der Waals surface area contributed by atoms with Crippen molar-refractivity contribution in [3.05, 3.63) is 29.8 Å². The molecule has 7 heteroatoms. The molecule has 0 saturated carbocycles. The summed E-state index contributed by atoms with van der Waals surface area (Å²) in [5.74, 6) is -0.727. The number of piperidine rings is 1. The fraction of sp³-hybridized carbons (Fsp3) is 0.500. The molecule has 2 saturated heterocycles. The van der Waals surface area contributed by atoms with Gasteiger partial charge in [0.1, 0.15) is 0 Å². The SMILES string of the molecule is NC(=O)C1OCCCC1NC(=O)c1ccc(N2CCCCC2=O)cc1. The molecule has 3 rings (SSSR count). The van der Waals surface area contributed by atoms with Crippen LogP contribution in [0.25, 0.3) is 0 Å². The average molecular weight is 345 g/mol. The van der Waals surface area contributed by atoms with Gasteiger partial charge in [0.2, 0.25) is 11.8 Å². The van der Waals surface area contributed by atoms with Crippen molar-refractivity contribution in [2.45, 2.75) is 44.2 Å². The number of primary amides is 1. The lowest BCUT2D eigenvalue weighted by atomic mass is 10.0. The molecule has 0 bridgehead atoms. The zero-order valence-corrected chi connectivity index (χ0v) is 14.1. The van der Waals surface area contributed by atoms with Gasteiger partial charge in [-0.15, -0.1) is 0 Å². The minimum absolute atomic E-state index is 0.118. The highest BCUT2D eigenvalue weighted by Crippen LogP contribution is 2.21. The molecular weight excluding hydrogens is 322 g/mol. The summed E-state index contributed by atoms with van der Waals surface area (Å²) in [6.45, 7) is 1.18. The number of hydrogen-bond acceptors (Lipinski definition) is 4. The Labute approximate surface area is 146 Å². The minimum atomic E-state index is -0.789. The van der Waals surface area contributed by atoms with Gasteiger partial charge in [-0.3, -0.25) is 14.4 Å². The van der Waals surface area contributed by atoms with Crippen LogP contribution in [0.5, 0.6) is 0 Å². The maximum absolute atomic E-state index is 12.4. The Balaban J connectivity index is 1.66. The summed E-state index contributed by atoms with van der Waals surface area (Å²) in [5.41, 5.74) is 6.61. The van der Waals surface area contributed by atoms with E-state index in [1.807, 2.05) is 0 Å². The number of benzene rings is 1. The second-order valence-corrected chi connectivity index (χ2v) is 6.47. The molecule has 2 unspecified atom stereocenters. The summed E-state index contributed by atoms with van der Waals surface area (Å²) in [4.78, 5) is 37.6. The molecule has 0 spiro atoms. The molecule has 3 amide bonds. The third-order valence-electron chi connectivity index (χ3n) is 4.68. The number of rotatable bonds is 4. The minimum Gasteiger partial charge on any atom is -0.367 e. The summed E-state index contributed by atoms with van der Waals surface area (Å²) >= 11 is 0. The number of hydrogen-bond donors (Lipinski definition) is 2. The van der Waals surface area contributed by atoms with Gasteiger partial charge in [0, 0.05) is 30.8 Å². The average Bonchev–Trinajstić information content (AvgIpc) is 2.62. The summed E-state index contributed by atoms with van der Waals surface area (Å²) in [6.07, 6.45) is 3.12. The molecule has 25 heavy (non-hydrogen) atoms. The highest BCUT2D eigenvalue weighted by molar-refractivity contribution is 5.97. The molecule has 0 radical (unpaired) electrons. The second-order valence-electron chi connectivity index (χ2n) is 6.47. The Morgan fingerprint density at radius 1 is 1.16 bits per heavy atom. The zero-order valence-electron chi connectivity index (χ0n) is 14.1. The number of nitrogens with zero attached hydrogens (tertiary/aromatic N) is 1. The standard InChI is InChI=1S/C18H23N3O4/c19-17(23)16-14(4-3-11-25-16)20-18(24)12-6-8-13(9-7-12)21-10-2-1-5-15(21)22/h6-9,14,16H,1-5,10-11H2,(H2,19,23)(H,20,24). The van der Waals surface area contributed by atoms with Crippen LogP contribution in [-0.4, -0.2) is 43.0 Å². The van der Waals surface area contributed by atoms with Crippen LogP contribution in [0.1, 0.15) is 42.5 Å². The Kier molecular flexibility index (Phi) is 5.33. The van der Waals surface area contributed by atoms with Crippen molar-refractivity contribution < 1.29 is 19.1 Å². The molecule has 2 aliphatic rings. The third kappa shape index (κ3) is 3.99. The molecule has 7 nitrogen and oxygen atoms in total. The molecule has 0 aliphatic carbocycles. The van der Waals surface area contributed by atoms with Gasteiger partial charge in [-0.05, 0) is 49.9 Å². The lowest BCUT2D eigenvalue weighted by Gasteiger charge is -2.30. The van der Waals surface area contributed by atoms with E-state index in [9.17, 15) is 14.4 Å². The predicted octanol–water partition coefficient (Wildman–Crippen LogP) is 0.966. The highest BCUT2D eigenvalue weighted by atomic mass is 16.5. The fourth-order valence-corrected chi connectivity index (χ4v) is 3.33. The lowest BCUT2D eigenvalue weighted by molar-refractivity contribution is -0.134. The van der Waals surface area contributed by atoms with Crippen LogP contribution in [0, 0.1) is 0 Å². The number of amides is 3. The Morgan fingerprint density at radius 2 is 1.92 bits per heavy atom. The van der Waals surface area contributed by atoms with E-state index in [1.54, 1.807) is 29.2 Å². The van der Waals surface area contributed by atoms with Crippen molar-refractivity contribution in [1.82, 2.24) is 5.32 Å². The zero-order chi connectivity index (χ0) is 17.8. The second kappa shape index (κ2) is 7.65. The number of ether oxygens (including phenoxy) is 1. The topological polar surface area (TPSA) is 102 Å². The third-order valence-corrected chi connectivity index (χ3v) is 4.68. The summed E-state index contributed by atoms with van der Waals surface area (Å²) in [6, 6.07) is 6.52. The molecule has 1 aromatic rings. The van der Waals surface area contributed by atoms with Gasteiger partial charge in [0.15, 0.2) is 6.10 Å². The van der Waals surface area contributed by atoms with Crippen LogP contribution < -0.4 is 16.0 Å². The Morgan fingerprint density at radius 3 is 2.60 bits per heavy atom. The number of carbonyl (C=O) groups is 3. The first-order valence-electron chi connectivity index (χ1n) is 8.68. The van der Waals surface area contributed by atoms with Gasteiger partial charge in [-0.1, -0.05) is 0 Å². The molecule has 2 fully saturated rings. The van der Waals surface area contributed by atoms with Crippen LogP contribution in [0.2, 0.25) is 0 Å². The summed E-state index contributed by atoms with van der Waals surface area (Å²) < 4.78 is 5.37. The molecule has 2 heterocycles. The molecule has 1 aromatic carbocycles. The van der Waals surface area contributed by atoms with E-state index >= 15 is 0 Å². The lowest BCUT2D eigenvalue weighted by Crippen LogP contribution is -2.52. The van der Waals surface area contributed by atoms with Crippen LogP contribution >= 0.6 is 0 Å². The van der Waals surface area contributed by atoms with Gasteiger partial charge in [0.25, 0.3) is 5.91 Å². The maximum atomic E-state index is 12.4. The first-order chi connectivity index (χ1) is 12.1. The monoisotopic (exact) mass is 345 g/mol. The van der Waals surface area contributed by atoms with Gasteiger partial charge >= 0.3 is 0 Å².